The Hall–Kier alpha value is -3.57. The molecule has 196 valence electrons. The molecule has 4 atom stereocenters. The number of rotatable bonds is 8. The first-order chi connectivity index (χ1) is 18.5. The van der Waals surface area contributed by atoms with Crippen molar-refractivity contribution in [2.75, 3.05) is 11.1 Å². The van der Waals surface area contributed by atoms with Crippen molar-refractivity contribution in [3.8, 4) is 5.69 Å². The summed E-state index contributed by atoms with van der Waals surface area (Å²) in [5.74, 6) is 0.514. The lowest BCUT2D eigenvalue weighted by molar-refractivity contribution is -0.268. The predicted molar refractivity (Wildman–Crippen MR) is 144 cm³/mol. The summed E-state index contributed by atoms with van der Waals surface area (Å²) in [5, 5.41) is 25.2. The number of aromatic nitrogens is 4. The monoisotopic (exact) mass is 531 g/mol. The number of thioether (sulfide) groups is 1. The second-order valence-electron chi connectivity index (χ2n) is 9.14. The zero-order valence-electron chi connectivity index (χ0n) is 21.1. The fourth-order valence-corrected chi connectivity index (χ4v) is 5.45. The zero-order chi connectivity index (χ0) is 26.5. The Morgan fingerprint density at radius 1 is 1.00 bits per heavy atom. The summed E-state index contributed by atoms with van der Waals surface area (Å²) in [5.41, 5.74) is 4.31. The van der Waals surface area contributed by atoms with E-state index in [2.05, 4.69) is 27.8 Å². The number of tetrazole rings is 1. The first kappa shape index (κ1) is 26.1. The molecule has 0 saturated carbocycles. The molecule has 10 heteroatoms. The zero-order valence-corrected chi connectivity index (χ0v) is 21.9. The largest absolute Gasteiger partial charge is 0.392 e. The molecule has 4 aromatic rings. The summed E-state index contributed by atoms with van der Waals surface area (Å²) in [6.45, 7) is 3.58. The topological polar surface area (TPSA) is 111 Å². The normalized spacial score (nSPS) is 21.2. The molecule has 38 heavy (non-hydrogen) atoms. The SMILES string of the molecule is CC(=O)Nc1ccc(C2OC(CSc3nnnn3-c3ccccc3)C(C)C(c3ccc(CO)cc3)O2)cc1. The van der Waals surface area contributed by atoms with Crippen LogP contribution in [0.25, 0.3) is 5.69 Å². The van der Waals surface area contributed by atoms with Gasteiger partial charge in [-0.15, -0.1) is 5.10 Å². The van der Waals surface area contributed by atoms with Crippen LogP contribution >= 0.6 is 11.8 Å². The van der Waals surface area contributed by atoms with E-state index >= 15 is 0 Å². The van der Waals surface area contributed by atoms with Gasteiger partial charge in [0, 0.05) is 29.8 Å². The number of carbonyl (C=O) groups is 1. The number of aliphatic hydroxyl groups excluding tert-OH is 1. The molecule has 5 rings (SSSR count). The van der Waals surface area contributed by atoms with Crippen LogP contribution in [0.4, 0.5) is 5.69 Å². The highest BCUT2D eigenvalue weighted by atomic mass is 32.2. The average molecular weight is 532 g/mol. The maximum Gasteiger partial charge on any atom is 0.221 e. The van der Waals surface area contributed by atoms with Crippen LogP contribution in [0.2, 0.25) is 0 Å². The van der Waals surface area contributed by atoms with Crippen LogP contribution in [0.3, 0.4) is 0 Å². The number of hydrogen-bond acceptors (Lipinski definition) is 8. The molecule has 4 unspecified atom stereocenters. The van der Waals surface area contributed by atoms with E-state index in [1.165, 1.54) is 18.7 Å². The third kappa shape index (κ3) is 5.94. The predicted octanol–water partition coefficient (Wildman–Crippen LogP) is 4.70. The van der Waals surface area contributed by atoms with Gasteiger partial charge < -0.3 is 19.9 Å². The van der Waals surface area contributed by atoms with Crippen LogP contribution in [0.15, 0.2) is 84.0 Å². The van der Waals surface area contributed by atoms with E-state index in [0.717, 1.165) is 22.4 Å². The molecular formula is C28H29N5O4S. The van der Waals surface area contributed by atoms with E-state index in [1.807, 2.05) is 78.9 Å². The first-order valence-corrected chi connectivity index (χ1v) is 13.3. The Balaban J connectivity index is 1.38. The van der Waals surface area contributed by atoms with E-state index in [4.69, 9.17) is 9.47 Å². The standard InChI is InChI=1S/C28H29N5O4S/c1-18-25(17-38-28-30-31-32-33(28)24-6-4-3-5-7-24)36-27(22-12-14-23(15-13-22)29-19(2)35)37-26(18)21-10-8-20(16-34)9-11-21/h3-15,18,25-27,34H,16-17H2,1-2H3,(H,29,35). The summed E-state index contributed by atoms with van der Waals surface area (Å²) in [6, 6.07) is 25.1. The molecule has 9 nitrogen and oxygen atoms in total. The summed E-state index contributed by atoms with van der Waals surface area (Å²) < 4.78 is 14.7. The van der Waals surface area contributed by atoms with Crippen molar-refractivity contribution in [2.24, 2.45) is 5.92 Å². The van der Waals surface area contributed by atoms with Crippen LogP contribution in [0, 0.1) is 5.92 Å². The van der Waals surface area contributed by atoms with Crippen LogP contribution in [0.1, 0.15) is 42.9 Å². The minimum absolute atomic E-state index is 0.0108. The van der Waals surface area contributed by atoms with Gasteiger partial charge in [-0.25, -0.2) is 0 Å². The van der Waals surface area contributed by atoms with E-state index in [-0.39, 0.29) is 30.6 Å². The third-order valence-corrected chi connectivity index (χ3v) is 7.45. The fraction of sp³-hybridized carbons (Fsp3) is 0.286. The summed E-state index contributed by atoms with van der Waals surface area (Å²) in [4.78, 5) is 11.4. The summed E-state index contributed by atoms with van der Waals surface area (Å²) in [7, 11) is 0. The maximum absolute atomic E-state index is 11.4. The van der Waals surface area contributed by atoms with Crippen molar-refractivity contribution < 1.29 is 19.4 Å². The van der Waals surface area contributed by atoms with Gasteiger partial charge in [0.05, 0.1) is 24.5 Å². The van der Waals surface area contributed by atoms with E-state index in [0.29, 0.717) is 16.6 Å². The highest BCUT2D eigenvalue weighted by molar-refractivity contribution is 7.99. The van der Waals surface area contributed by atoms with Gasteiger partial charge in [0.25, 0.3) is 0 Å². The number of benzene rings is 3. The van der Waals surface area contributed by atoms with Crippen molar-refractivity contribution in [2.45, 2.75) is 44.1 Å². The number of para-hydroxylation sites is 1. The molecule has 0 aliphatic carbocycles. The minimum atomic E-state index is -0.601. The van der Waals surface area contributed by atoms with Crippen molar-refractivity contribution in [1.82, 2.24) is 20.2 Å². The number of aliphatic hydroxyl groups is 1. The molecule has 0 spiro atoms. The maximum atomic E-state index is 11.4. The Kier molecular flexibility index (Phi) is 8.14. The van der Waals surface area contributed by atoms with Crippen molar-refractivity contribution in [3.05, 3.63) is 95.6 Å². The number of carbonyl (C=O) groups excluding carboxylic acids is 1. The Labute approximate surface area is 225 Å². The summed E-state index contributed by atoms with van der Waals surface area (Å²) in [6.07, 6.45) is -1.000. The molecule has 1 aromatic heterocycles. The highest BCUT2D eigenvalue weighted by Gasteiger charge is 2.38. The number of nitrogens with one attached hydrogen (secondary N) is 1. The molecule has 1 aliphatic heterocycles. The third-order valence-electron chi connectivity index (χ3n) is 6.44. The van der Waals surface area contributed by atoms with Crippen molar-refractivity contribution >= 4 is 23.4 Å². The molecule has 1 saturated heterocycles. The molecule has 0 bridgehead atoms. The van der Waals surface area contributed by atoms with E-state index < -0.39 is 6.29 Å². The van der Waals surface area contributed by atoms with Crippen LogP contribution < -0.4 is 5.32 Å². The van der Waals surface area contributed by atoms with Gasteiger partial charge in [-0.2, -0.15) is 4.68 Å². The number of hydrogen-bond donors (Lipinski definition) is 2. The van der Waals surface area contributed by atoms with Crippen LogP contribution in [-0.4, -0.2) is 43.1 Å². The molecule has 1 fully saturated rings. The van der Waals surface area contributed by atoms with E-state index in [1.54, 1.807) is 4.68 Å². The molecule has 3 aromatic carbocycles. The van der Waals surface area contributed by atoms with Gasteiger partial charge in [-0.05, 0) is 45.8 Å². The second-order valence-corrected chi connectivity index (χ2v) is 10.1. The molecule has 1 amide bonds. The average Bonchev–Trinajstić information content (AvgIpc) is 3.42. The van der Waals surface area contributed by atoms with Gasteiger partial charge in [0.1, 0.15) is 0 Å². The van der Waals surface area contributed by atoms with Gasteiger partial charge in [-0.1, -0.05) is 73.3 Å². The summed E-state index contributed by atoms with van der Waals surface area (Å²) >= 11 is 1.53. The number of anilines is 1. The number of nitrogens with zero attached hydrogens (tertiary/aromatic N) is 4. The van der Waals surface area contributed by atoms with Gasteiger partial charge in [0.15, 0.2) is 6.29 Å². The van der Waals surface area contributed by atoms with Crippen LogP contribution in [-0.2, 0) is 20.9 Å². The lowest BCUT2D eigenvalue weighted by atomic mass is 9.91. The Morgan fingerprint density at radius 3 is 2.39 bits per heavy atom. The minimum Gasteiger partial charge on any atom is -0.392 e. The van der Waals surface area contributed by atoms with Crippen LogP contribution in [0.5, 0.6) is 0 Å². The first-order valence-electron chi connectivity index (χ1n) is 12.4. The lowest BCUT2D eigenvalue weighted by Gasteiger charge is -2.41. The number of amides is 1. The fourth-order valence-electron chi connectivity index (χ4n) is 4.39. The second kappa shape index (κ2) is 11.9. The van der Waals surface area contributed by atoms with E-state index in [9.17, 15) is 9.90 Å². The van der Waals surface area contributed by atoms with Gasteiger partial charge in [0.2, 0.25) is 11.1 Å². The molecular weight excluding hydrogens is 502 g/mol. The highest BCUT2D eigenvalue weighted by Crippen LogP contribution is 2.43. The van der Waals surface area contributed by atoms with Crippen molar-refractivity contribution in [1.29, 1.82) is 0 Å². The molecule has 2 N–H and O–H groups in total. The number of ether oxygens (including phenoxy) is 2. The Morgan fingerprint density at radius 2 is 1.71 bits per heavy atom. The van der Waals surface area contributed by atoms with Gasteiger partial charge in [-0.3, -0.25) is 4.79 Å². The molecule has 0 radical (unpaired) electrons. The molecule has 2 heterocycles. The van der Waals surface area contributed by atoms with Gasteiger partial charge >= 0.3 is 0 Å². The quantitative estimate of drug-likeness (QED) is 0.315. The lowest BCUT2D eigenvalue weighted by Crippen LogP contribution is -2.38. The molecule has 1 aliphatic rings. The Bertz CT molecular complexity index is 1350. The van der Waals surface area contributed by atoms with Crippen molar-refractivity contribution in [3.63, 3.8) is 0 Å². The smallest absolute Gasteiger partial charge is 0.221 e.